The Hall–Kier alpha value is -0.370. The van der Waals surface area contributed by atoms with Crippen LogP contribution in [0.1, 0.15) is 46.0 Å². The third-order valence-corrected chi connectivity index (χ3v) is 3.81. The van der Waals surface area contributed by atoms with Crippen molar-refractivity contribution in [2.75, 3.05) is 6.61 Å². The van der Waals surface area contributed by atoms with E-state index < -0.39 is 0 Å². The summed E-state index contributed by atoms with van der Waals surface area (Å²) in [5, 5.41) is 0. The van der Waals surface area contributed by atoms with Gasteiger partial charge in [-0.25, -0.2) is 0 Å². The van der Waals surface area contributed by atoms with Crippen LogP contribution in [-0.2, 0) is 9.53 Å². The van der Waals surface area contributed by atoms with E-state index >= 15 is 0 Å². The average Bonchev–Trinajstić information content (AvgIpc) is 2.56. The summed E-state index contributed by atoms with van der Waals surface area (Å²) in [5.41, 5.74) is -0.0762. The fraction of sp³-hybridized carbons (Fsp3) is 0.917. The summed E-state index contributed by atoms with van der Waals surface area (Å²) in [7, 11) is 0. The van der Waals surface area contributed by atoms with E-state index in [1.807, 2.05) is 0 Å². The van der Waals surface area contributed by atoms with Gasteiger partial charge in [0.1, 0.15) is 5.78 Å². The number of ether oxygens (including phenoxy) is 1. The Morgan fingerprint density at radius 3 is 2.79 bits per heavy atom. The van der Waals surface area contributed by atoms with E-state index in [9.17, 15) is 4.79 Å². The Labute approximate surface area is 86.0 Å². The van der Waals surface area contributed by atoms with E-state index in [4.69, 9.17) is 4.74 Å². The lowest BCUT2D eigenvalue weighted by molar-refractivity contribution is -0.131. The molecule has 14 heavy (non-hydrogen) atoms. The maximum atomic E-state index is 11.9. The van der Waals surface area contributed by atoms with Crippen molar-refractivity contribution in [2.45, 2.75) is 52.1 Å². The van der Waals surface area contributed by atoms with Crippen molar-refractivity contribution in [2.24, 2.45) is 11.3 Å². The summed E-state index contributed by atoms with van der Waals surface area (Å²) in [5.74, 6) is 1.01. The van der Waals surface area contributed by atoms with E-state index in [1.54, 1.807) is 0 Å². The van der Waals surface area contributed by atoms with E-state index in [2.05, 4.69) is 13.8 Å². The first-order valence-corrected chi connectivity index (χ1v) is 5.79. The summed E-state index contributed by atoms with van der Waals surface area (Å²) in [6.07, 6.45) is 5.44. The van der Waals surface area contributed by atoms with Gasteiger partial charge in [-0.15, -0.1) is 0 Å². The zero-order chi connectivity index (χ0) is 10.2. The second-order valence-electron chi connectivity index (χ2n) is 5.21. The number of ketones is 1. The molecule has 0 N–H and O–H groups in total. The molecule has 0 radical (unpaired) electrons. The van der Waals surface area contributed by atoms with Crippen LogP contribution in [0.15, 0.2) is 0 Å². The van der Waals surface area contributed by atoms with E-state index in [-0.39, 0.29) is 5.41 Å². The number of Topliss-reactive ketones (excluding diaryl/α,β-unsaturated/α-hetero) is 1. The van der Waals surface area contributed by atoms with Crippen molar-refractivity contribution in [1.29, 1.82) is 0 Å². The molecule has 80 valence electrons. The second kappa shape index (κ2) is 3.65. The van der Waals surface area contributed by atoms with Gasteiger partial charge in [0.25, 0.3) is 0 Å². The Balaban J connectivity index is 2.07. The predicted octanol–water partition coefficient (Wildman–Crippen LogP) is 2.56. The number of rotatable bonds is 1. The molecule has 1 heterocycles. The van der Waals surface area contributed by atoms with Crippen LogP contribution >= 0.6 is 0 Å². The number of hydrogen-bond acceptors (Lipinski definition) is 2. The van der Waals surface area contributed by atoms with Crippen molar-refractivity contribution in [3.63, 3.8) is 0 Å². The molecule has 1 aliphatic heterocycles. The maximum Gasteiger partial charge on any atom is 0.141 e. The van der Waals surface area contributed by atoms with Crippen LogP contribution in [0.2, 0.25) is 0 Å². The SMILES string of the molecule is CC(C)[C@H]1C[C@]2(CCCCC2=O)CO1. The average molecular weight is 196 g/mol. The van der Waals surface area contributed by atoms with Crippen LogP contribution in [-0.4, -0.2) is 18.5 Å². The molecule has 0 aromatic heterocycles. The maximum absolute atomic E-state index is 11.9. The third kappa shape index (κ3) is 1.60. The molecule has 0 aromatic carbocycles. The molecular formula is C12H20O2. The van der Waals surface area contributed by atoms with E-state index in [1.165, 1.54) is 6.42 Å². The van der Waals surface area contributed by atoms with Crippen molar-refractivity contribution in [3.05, 3.63) is 0 Å². The first-order valence-electron chi connectivity index (χ1n) is 5.79. The molecule has 0 aromatic rings. The molecule has 0 unspecified atom stereocenters. The standard InChI is InChI=1S/C12H20O2/c1-9(2)10-7-12(8-14-10)6-4-3-5-11(12)13/h9-10H,3-8H2,1-2H3/t10-,12-/m1/s1. The lowest BCUT2D eigenvalue weighted by atomic mass is 9.71. The minimum Gasteiger partial charge on any atom is -0.377 e. The van der Waals surface area contributed by atoms with Crippen LogP contribution in [0.3, 0.4) is 0 Å². The summed E-state index contributed by atoms with van der Waals surface area (Å²) < 4.78 is 5.76. The van der Waals surface area contributed by atoms with Crippen LogP contribution < -0.4 is 0 Å². The molecule has 0 amide bonds. The highest BCUT2D eigenvalue weighted by molar-refractivity contribution is 5.86. The Bertz CT molecular complexity index is 234. The summed E-state index contributed by atoms with van der Waals surface area (Å²) in [4.78, 5) is 11.9. The monoisotopic (exact) mass is 196 g/mol. The van der Waals surface area contributed by atoms with Crippen molar-refractivity contribution in [1.82, 2.24) is 0 Å². The smallest absolute Gasteiger partial charge is 0.141 e. The van der Waals surface area contributed by atoms with Crippen molar-refractivity contribution < 1.29 is 9.53 Å². The third-order valence-electron chi connectivity index (χ3n) is 3.81. The molecular weight excluding hydrogens is 176 g/mol. The van der Waals surface area contributed by atoms with Gasteiger partial charge >= 0.3 is 0 Å². The molecule has 1 aliphatic carbocycles. The zero-order valence-electron chi connectivity index (χ0n) is 9.21. The van der Waals surface area contributed by atoms with Gasteiger partial charge in [-0.05, 0) is 25.2 Å². The minimum atomic E-state index is -0.0762. The highest BCUT2D eigenvalue weighted by atomic mass is 16.5. The molecule has 1 saturated heterocycles. The fourth-order valence-electron chi connectivity index (χ4n) is 2.72. The van der Waals surface area contributed by atoms with Gasteiger partial charge in [0, 0.05) is 6.42 Å². The zero-order valence-corrected chi connectivity index (χ0v) is 9.21. The van der Waals surface area contributed by atoms with Crippen molar-refractivity contribution >= 4 is 5.78 Å². The number of carbonyl (C=O) groups is 1. The lowest BCUT2D eigenvalue weighted by Gasteiger charge is -2.30. The molecule has 2 nitrogen and oxygen atoms in total. The Kier molecular flexibility index (Phi) is 2.65. The number of hydrogen-bond donors (Lipinski definition) is 0. The first kappa shape index (κ1) is 10.2. The number of carbonyl (C=O) groups excluding carboxylic acids is 1. The van der Waals surface area contributed by atoms with Gasteiger partial charge in [0.2, 0.25) is 0 Å². The summed E-state index contributed by atoms with van der Waals surface area (Å²) >= 11 is 0. The van der Waals surface area contributed by atoms with Gasteiger partial charge in [0.05, 0.1) is 18.1 Å². The van der Waals surface area contributed by atoms with Crippen LogP contribution in [0.5, 0.6) is 0 Å². The normalized spacial score (nSPS) is 38.5. The molecule has 1 saturated carbocycles. The molecule has 2 rings (SSSR count). The van der Waals surface area contributed by atoms with Crippen molar-refractivity contribution in [3.8, 4) is 0 Å². The molecule has 1 spiro atoms. The highest BCUT2D eigenvalue weighted by Crippen LogP contribution is 2.44. The van der Waals surface area contributed by atoms with Gasteiger partial charge in [0.15, 0.2) is 0 Å². The topological polar surface area (TPSA) is 26.3 Å². The van der Waals surface area contributed by atoms with E-state index in [0.29, 0.717) is 24.4 Å². The van der Waals surface area contributed by atoms with Gasteiger partial charge in [-0.3, -0.25) is 4.79 Å². The van der Waals surface area contributed by atoms with E-state index in [0.717, 1.165) is 25.7 Å². The largest absolute Gasteiger partial charge is 0.377 e. The Morgan fingerprint density at radius 2 is 2.21 bits per heavy atom. The molecule has 2 aliphatic rings. The first-order chi connectivity index (χ1) is 6.64. The summed E-state index contributed by atoms with van der Waals surface area (Å²) in [6.45, 7) is 5.04. The van der Waals surface area contributed by atoms with Gasteiger partial charge in [-0.2, -0.15) is 0 Å². The molecule has 2 atom stereocenters. The predicted molar refractivity (Wildman–Crippen MR) is 55.1 cm³/mol. The van der Waals surface area contributed by atoms with Crippen LogP contribution in [0.4, 0.5) is 0 Å². The van der Waals surface area contributed by atoms with Crippen LogP contribution in [0.25, 0.3) is 0 Å². The summed E-state index contributed by atoms with van der Waals surface area (Å²) in [6, 6.07) is 0. The quantitative estimate of drug-likeness (QED) is 0.644. The lowest BCUT2D eigenvalue weighted by Crippen LogP contribution is -2.35. The van der Waals surface area contributed by atoms with Crippen LogP contribution in [0, 0.1) is 11.3 Å². The minimum absolute atomic E-state index is 0.0762. The van der Waals surface area contributed by atoms with Gasteiger partial charge in [-0.1, -0.05) is 20.3 Å². The van der Waals surface area contributed by atoms with Gasteiger partial charge < -0.3 is 4.74 Å². The molecule has 2 heteroatoms. The Morgan fingerprint density at radius 1 is 1.43 bits per heavy atom. The fourth-order valence-corrected chi connectivity index (χ4v) is 2.72. The molecule has 0 bridgehead atoms. The molecule has 2 fully saturated rings. The highest BCUT2D eigenvalue weighted by Gasteiger charge is 2.47. The second-order valence-corrected chi connectivity index (χ2v) is 5.21.